The fourth-order valence-electron chi connectivity index (χ4n) is 3.88. The van der Waals surface area contributed by atoms with Crippen molar-refractivity contribution in [3.05, 3.63) is 102 Å². The van der Waals surface area contributed by atoms with Crippen molar-refractivity contribution in [1.82, 2.24) is 16.0 Å². The van der Waals surface area contributed by atoms with Crippen LogP contribution in [0, 0.1) is 0 Å². The van der Waals surface area contributed by atoms with Gasteiger partial charge in [-0.1, -0.05) is 66.7 Å². The van der Waals surface area contributed by atoms with Crippen LogP contribution in [-0.4, -0.2) is 53.9 Å². The van der Waals surface area contributed by atoms with E-state index in [-0.39, 0.29) is 24.0 Å². The molecule has 202 valence electrons. The number of nitrogens with one attached hydrogen (secondary N) is 3. The Morgan fingerprint density at radius 3 is 2.00 bits per heavy atom. The molecule has 3 amide bonds. The molecule has 0 saturated carbocycles. The van der Waals surface area contributed by atoms with Gasteiger partial charge in [-0.3, -0.25) is 19.2 Å². The van der Waals surface area contributed by atoms with Gasteiger partial charge < -0.3 is 32.5 Å². The summed E-state index contributed by atoms with van der Waals surface area (Å²) in [5, 5.41) is 16.9. The Morgan fingerprint density at radius 2 is 1.44 bits per heavy atom. The second-order valence-corrected chi connectivity index (χ2v) is 8.61. The van der Waals surface area contributed by atoms with Gasteiger partial charge in [-0.25, -0.2) is 4.99 Å². The molecule has 3 aromatic carbocycles. The van der Waals surface area contributed by atoms with E-state index in [1.165, 1.54) is 12.1 Å². The highest BCUT2D eigenvalue weighted by molar-refractivity contribution is 5.98. The Bertz CT molecular complexity index is 1290. The van der Waals surface area contributed by atoms with Gasteiger partial charge in [-0.05, 0) is 29.3 Å². The molecule has 8 N–H and O–H groups in total. The van der Waals surface area contributed by atoms with E-state index >= 15 is 0 Å². The Labute approximate surface area is 225 Å². The summed E-state index contributed by atoms with van der Waals surface area (Å²) in [5.41, 5.74) is 13.2. The van der Waals surface area contributed by atoms with E-state index in [1.807, 2.05) is 60.7 Å². The number of nitrogens with zero attached hydrogens (tertiary/aromatic N) is 1. The zero-order valence-electron chi connectivity index (χ0n) is 21.0. The van der Waals surface area contributed by atoms with Gasteiger partial charge >= 0.3 is 5.97 Å². The van der Waals surface area contributed by atoms with Crippen molar-refractivity contribution in [2.75, 3.05) is 13.1 Å². The molecule has 0 bridgehead atoms. The first-order valence-electron chi connectivity index (χ1n) is 12.1. The van der Waals surface area contributed by atoms with Crippen LogP contribution >= 0.6 is 0 Å². The van der Waals surface area contributed by atoms with Crippen molar-refractivity contribution in [3.63, 3.8) is 0 Å². The lowest BCUT2D eigenvalue weighted by molar-refractivity contribution is -0.140. The molecule has 0 saturated heterocycles. The molecule has 0 heterocycles. The largest absolute Gasteiger partial charge is 0.481 e. The van der Waals surface area contributed by atoms with Crippen molar-refractivity contribution in [3.8, 4) is 0 Å². The predicted molar refractivity (Wildman–Crippen MR) is 146 cm³/mol. The van der Waals surface area contributed by atoms with Gasteiger partial charge in [0, 0.05) is 18.0 Å². The van der Waals surface area contributed by atoms with E-state index in [2.05, 4.69) is 20.9 Å². The van der Waals surface area contributed by atoms with E-state index in [9.17, 15) is 24.3 Å². The third kappa shape index (κ3) is 9.01. The average molecular weight is 531 g/mol. The topological polar surface area (TPSA) is 189 Å². The highest BCUT2D eigenvalue weighted by Crippen LogP contribution is 2.23. The average Bonchev–Trinajstić information content (AvgIpc) is 2.92. The Balaban J connectivity index is 1.62. The number of carbonyl (C=O) groups is 4. The number of amides is 3. The van der Waals surface area contributed by atoms with Crippen LogP contribution in [0.25, 0.3) is 0 Å². The number of carbonyl (C=O) groups excluding carboxylic acids is 3. The van der Waals surface area contributed by atoms with Gasteiger partial charge in [0.15, 0.2) is 5.96 Å². The monoisotopic (exact) mass is 530 g/mol. The zero-order chi connectivity index (χ0) is 28.2. The first-order chi connectivity index (χ1) is 18.7. The number of hydrogen-bond acceptors (Lipinski definition) is 5. The van der Waals surface area contributed by atoms with Crippen LogP contribution in [0.5, 0.6) is 0 Å². The quantitative estimate of drug-likeness (QED) is 0.150. The number of nitrogens with two attached hydrogens (primary N) is 2. The number of aliphatic imine (C=N–C) groups is 1. The molecular weight excluding hydrogens is 500 g/mol. The van der Waals surface area contributed by atoms with Gasteiger partial charge in [-0.15, -0.1) is 0 Å². The van der Waals surface area contributed by atoms with Gasteiger partial charge in [0.2, 0.25) is 11.8 Å². The fourth-order valence-corrected chi connectivity index (χ4v) is 3.88. The van der Waals surface area contributed by atoms with Crippen LogP contribution in [0.4, 0.5) is 5.69 Å². The van der Waals surface area contributed by atoms with Crippen LogP contribution in [0.2, 0.25) is 0 Å². The SMILES string of the molecule is NC(N)=Nc1cccc(C(=O)NCC(=O)N[C@@H](CC(=O)O)C(=O)NCC(c2ccccc2)c2ccccc2)c1. The fraction of sp³-hybridized carbons (Fsp3) is 0.179. The number of carboxylic acids is 1. The summed E-state index contributed by atoms with van der Waals surface area (Å²) >= 11 is 0. The molecule has 0 spiro atoms. The molecule has 0 fully saturated rings. The molecule has 1 atom stereocenters. The molecule has 11 heteroatoms. The van der Waals surface area contributed by atoms with Gasteiger partial charge in [-0.2, -0.15) is 0 Å². The summed E-state index contributed by atoms with van der Waals surface area (Å²) in [5.74, 6) is -3.59. The van der Waals surface area contributed by atoms with Crippen LogP contribution in [0.1, 0.15) is 33.8 Å². The number of hydrogen-bond donors (Lipinski definition) is 6. The Hall–Kier alpha value is -5.19. The summed E-state index contributed by atoms with van der Waals surface area (Å²) in [4.78, 5) is 53.2. The maximum Gasteiger partial charge on any atom is 0.305 e. The Kier molecular flexibility index (Phi) is 10.1. The van der Waals surface area contributed by atoms with E-state index in [0.29, 0.717) is 5.69 Å². The molecular formula is C28H30N6O5. The highest BCUT2D eigenvalue weighted by atomic mass is 16.4. The predicted octanol–water partition coefficient (Wildman–Crippen LogP) is 1.23. The number of carboxylic acid groups (broad SMARTS) is 1. The lowest BCUT2D eigenvalue weighted by atomic mass is 9.91. The van der Waals surface area contributed by atoms with Gasteiger partial charge in [0.25, 0.3) is 5.91 Å². The first-order valence-corrected chi connectivity index (χ1v) is 12.1. The smallest absolute Gasteiger partial charge is 0.305 e. The zero-order valence-corrected chi connectivity index (χ0v) is 21.0. The second kappa shape index (κ2) is 13.9. The van der Waals surface area contributed by atoms with Crippen molar-refractivity contribution in [2.45, 2.75) is 18.4 Å². The summed E-state index contributed by atoms with van der Waals surface area (Å²) < 4.78 is 0. The summed E-state index contributed by atoms with van der Waals surface area (Å²) in [6.07, 6.45) is -0.632. The second-order valence-electron chi connectivity index (χ2n) is 8.61. The van der Waals surface area contributed by atoms with Gasteiger partial charge in [0.1, 0.15) is 6.04 Å². The number of benzene rings is 3. The number of aliphatic carboxylic acids is 1. The van der Waals surface area contributed by atoms with E-state index in [1.54, 1.807) is 12.1 Å². The highest BCUT2D eigenvalue weighted by Gasteiger charge is 2.25. The van der Waals surface area contributed by atoms with Crippen molar-refractivity contribution in [1.29, 1.82) is 0 Å². The molecule has 3 rings (SSSR count). The minimum absolute atomic E-state index is 0.173. The van der Waals surface area contributed by atoms with Crippen molar-refractivity contribution >= 4 is 35.3 Å². The molecule has 3 aromatic rings. The lowest BCUT2D eigenvalue weighted by Gasteiger charge is -2.22. The van der Waals surface area contributed by atoms with E-state index in [0.717, 1.165) is 11.1 Å². The van der Waals surface area contributed by atoms with Crippen LogP contribution in [0.3, 0.4) is 0 Å². The maximum absolute atomic E-state index is 13.0. The van der Waals surface area contributed by atoms with Crippen molar-refractivity contribution in [2.24, 2.45) is 16.5 Å². The third-order valence-electron chi connectivity index (χ3n) is 5.69. The molecule has 0 aliphatic heterocycles. The summed E-state index contributed by atoms with van der Waals surface area (Å²) in [6, 6.07) is 23.9. The number of rotatable bonds is 12. The van der Waals surface area contributed by atoms with Crippen LogP contribution in [-0.2, 0) is 14.4 Å². The van der Waals surface area contributed by atoms with E-state index in [4.69, 9.17) is 11.5 Å². The molecule has 0 aliphatic carbocycles. The molecule has 0 aliphatic rings. The molecule has 0 aromatic heterocycles. The molecule has 39 heavy (non-hydrogen) atoms. The summed E-state index contributed by atoms with van der Waals surface area (Å²) in [6.45, 7) is -0.298. The number of guanidine groups is 1. The van der Waals surface area contributed by atoms with E-state index < -0.39 is 42.7 Å². The van der Waals surface area contributed by atoms with Crippen LogP contribution < -0.4 is 27.4 Å². The molecule has 0 unspecified atom stereocenters. The van der Waals surface area contributed by atoms with Gasteiger partial charge in [0.05, 0.1) is 18.7 Å². The lowest BCUT2D eigenvalue weighted by Crippen LogP contribution is -2.51. The molecule has 0 radical (unpaired) electrons. The standard InChI is InChI=1S/C28H30N6O5/c29-28(30)33-21-13-7-12-20(14-21)26(38)32-17-24(35)34-23(15-25(36)37)27(39)31-16-22(18-8-3-1-4-9-18)19-10-5-2-6-11-19/h1-14,22-23H,15-17H2,(H,31,39)(H,32,38)(H,34,35)(H,36,37)(H4,29,30,33)/t23-/m0/s1. The minimum atomic E-state index is -1.34. The van der Waals surface area contributed by atoms with Crippen LogP contribution in [0.15, 0.2) is 89.9 Å². The molecule has 11 nitrogen and oxygen atoms in total. The summed E-state index contributed by atoms with van der Waals surface area (Å²) in [7, 11) is 0. The minimum Gasteiger partial charge on any atom is -0.481 e. The maximum atomic E-state index is 13.0. The first kappa shape index (κ1) is 28.4. The third-order valence-corrected chi connectivity index (χ3v) is 5.69. The Morgan fingerprint density at radius 1 is 0.821 bits per heavy atom. The van der Waals surface area contributed by atoms with Crippen molar-refractivity contribution < 1.29 is 24.3 Å². The normalized spacial score (nSPS) is 11.2.